The second-order valence-electron chi connectivity index (χ2n) is 5.18. The average molecular weight is 322 g/mol. The summed E-state index contributed by atoms with van der Waals surface area (Å²) >= 11 is 0. The Morgan fingerprint density at radius 2 is 1.86 bits per heavy atom. The zero-order chi connectivity index (χ0) is 16.0. The highest BCUT2D eigenvalue weighted by molar-refractivity contribution is 7.89. The summed E-state index contributed by atoms with van der Waals surface area (Å²) in [5.41, 5.74) is 0. The van der Waals surface area contributed by atoms with Gasteiger partial charge in [0.2, 0.25) is 10.0 Å². The van der Waals surface area contributed by atoms with Gasteiger partial charge in [-0.25, -0.2) is 13.1 Å². The molecular formula is C15H22N4O2S. The third-order valence-corrected chi connectivity index (χ3v) is 5.08. The molecule has 2 atom stereocenters. The van der Waals surface area contributed by atoms with Crippen LogP contribution in [-0.4, -0.2) is 37.3 Å². The monoisotopic (exact) mass is 322 g/mol. The van der Waals surface area contributed by atoms with Crippen LogP contribution in [0.5, 0.6) is 0 Å². The highest BCUT2D eigenvalue weighted by Crippen LogP contribution is 2.09. The molecule has 0 aliphatic carbocycles. The molecule has 22 heavy (non-hydrogen) atoms. The molecule has 0 saturated heterocycles. The van der Waals surface area contributed by atoms with Crippen LogP contribution in [0.1, 0.15) is 19.9 Å². The Bertz CT molecular complexity index is 656. The number of aromatic nitrogens is 2. The zero-order valence-electron chi connectivity index (χ0n) is 12.8. The molecule has 0 unspecified atom stereocenters. The minimum atomic E-state index is -3.43. The Hall–Kier alpha value is -1.70. The van der Waals surface area contributed by atoms with E-state index in [1.165, 1.54) is 0 Å². The first kappa shape index (κ1) is 16.7. The first-order chi connectivity index (χ1) is 10.5. The molecule has 120 valence electrons. The molecule has 1 aromatic heterocycles. The van der Waals surface area contributed by atoms with E-state index in [2.05, 4.69) is 29.0 Å². The SMILES string of the molecule is C[C@H](NCCNS(=O)(=O)c1ccccc1)[C@H](C)n1cccn1. The molecule has 2 rings (SSSR count). The molecule has 0 saturated carbocycles. The van der Waals surface area contributed by atoms with E-state index in [1.807, 2.05) is 16.9 Å². The number of hydrogen-bond donors (Lipinski definition) is 2. The third kappa shape index (κ3) is 4.40. The maximum absolute atomic E-state index is 12.0. The van der Waals surface area contributed by atoms with Gasteiger partial charge in [0.15, 0.2) is 0 Å². The van der Waals surface area contributed by atoms with Gasteiger partial charge >= 0.3 is 0 Å². The summed E-state index contributed by atoms with van der Waals surface area (Å²) in [6.45, 7) is 5.02. The van der Waals surface area contributed by atoms with E-state index in [0.29, 0.717) is 13.1 Å². The topological polar surface area (TPSA) is 76.0 Å². The quantitative estimate of drug-likeness (QED) is 0.720. The average Bonchev–Trinajstić information content (AvgIpc) is 3.06. The minimum Gasteiger partial charge on any atom is -0.311 e. The number of rotatable bonds is 8. The van der Waals surface area contributed by atoms with E-state index in [9.17, 15) is 8.42 Å². The number of benzene rings is 1. The standard InChI is InChI=1S/C15H22N4O2S/c1-13(14(2)19-12-6-9-17-19)16-10-11-18-22(20,21)15-7-4-3-5-8-15/h3-9,12-14,16,18H,10-11H2,1-2H3/t13-,14-/m0/s1. The van der Waals surface area contributed by atoms with E-state index >= 15 is 0 Å². The Balaban J connectivity index is 1.77. The normalized spacial score (nSPS) is 14.6. The molecule has 0 amide bonds. The van der Waals surface area contributed by atoms with Crippen LogP contribution in [0.4, 0.5) is 0 Å². The fourth-order valence-electron chi connectivity index (χ4n) is 2.09. The number of sulfonamides is 1. The molecule has 1 aromatic carbocycles. The maximum atomic E-state index is 12.0. The van der Waals surface area contributed by atoms with Crippen LogP contribution >= 0.6 is 0 Å². The van der Waals surface area contributed by atoms with Crippen molar-refractivity contribution in [2.45, 2.75) is 30.8 Å². The van der Waals surface area contributed by atoms with Crippen LogP contribution in [0, 0.1) is 0 Å². The molecule has 0 fully saturated rings. The van der Waals surface area contributed by atoms with Gasteiger partial charge < -0.3 is 5.32 Å². The summed E-state index contributed by atoms with van der Waals surface area (Å²) in [6.07, 6.45) is 3.66. The van der Waals surface area contributed by atoms with E-state index in [0.717, 1.165) is 0 Å². The van der Waals surface area contributed by atoms with Crippen molar-refractivity contribution < 1.29 is 8.42 Å². The summed E-state index contributed by atoms with van der Waals surface area (Å²) in [5.74, 6) is 0. The van der Waals surface area contributed by atoms with Crippen molar-refractivity contribution >= 4 is 10.0 Å². The lowest BCUT2D eigenvalue weighted by Crippen LogP contribution is -2.39. The Morgan fingerprint density at radius 1 is 1.14 bits per heavy atom. The molecule has 7 heteroatoms. The van der Waals surface area contributed by atoms with Gasteiger partial charge in [0, 0.05) is 31.5 Å². The Kier molecular flexibility index (Phi) is 5.70. The van der Waals surface area contributed by atoms with E-state index in [-0.39, 0.29) is 17.0 Å². The summed E-state index contributed by atoms with van der Waals surface area (Å²) < 4.78 is 28.6. The predicted octanol–water partition coefficient (Wildman–Crippen LogP) is 1.40. The van der Waals surface area contributed by atoms with Crippen LogP contribution in [0.3, 0.4) is 0 Å². The van der Waals surface area contributed by atoms with Gasteiger partial charge in [-0.3, -0.25) is 4.68 Å². The lowest BCUT2D eigenvalue weighted by atomic mass is 10.2. The lowest BCUT2D eigenvalue weighted by Gasteiger charge is -2.21. The molecule has 6 nitrogen and oxygen atoms in total. The number of hydrogen-bond acceptors (Lipinski definition) is 4. The summed E-state index contributed by atoms with van der Waals surface area (Å²) in [7, 11) is -3.43. The van der Waals surface area contributed by atoms with Gasteiger partial charge in [-0.05, 0) is 32.0 Å². The fourth-order valence-corrected chi connectivity index (χ4v) is 3.14. The molecule has 0 aliphatic rings. The highest BCUT2D eigenvalue weighted by Gasteiger charge is 2.15. The van der Waals surface area contributed by atoms with Crippen molar-refractivity contribution in [3.63, 3.8) is 0 Å². The molecular weight excluding hydrogens is 300 g/mol. The zero-order valence-corrected chi connectivity index (χ0v) is 13.6. The van der Waals surface area contributed by atoms with E-state index in [4.69, 9.17) is 0 Å². The second-order valence-corrected chi connectivity index (χ2v) is 6.95. The van der Waals surface area contributed by atoms with Crippen molar-refractivity contribution in [2.24, 2.45) is 0 Å². The van der Waals surface area contributed by atoms with Gasteiger partial charge in [-0.1, -0.05) is 18.2 Å². The van der Waals surface area contributed by atoms with Crippen LogP contribution < -0.4 is 10.0 Å². The van der Waals surface area contributed by atoms with Crippen molar-refractivity contribution in [1.29, 1.82) is 0 Å². The Labute approximate surface area is 131 Å². The first-order valence-corrected chi connectivity index (χ1v) is 8.76. The Morgan fingerprint density at radius 3 is 2.50 bits per heavy atom. The van der Waals surface area contributed by atoms with Crippen LogP contribution in [0.2, 0.25) is 0 Å². The first-order valence-electron chi connectivity index (χ1n) is 7.28. The van der Waals surface area contributed by atoms with Crippen molar-refractivity contribution in [2.75, 3.05) is 13.1 Å². The largest absolute Gasteiger partial charge is 0.311 e. The van der Waals surface area contributed by atoms with Crippen LogP contribution in [0.15, 0.2) is 53.7 Å². The van der Waals surface area contributed by atoms with Gasteiger partial charge in [0.05, 0.1) is 10.9 Å². The molecule has 0 bridgehead atoms. The maximum Gasteiger partial charge on any atom is 0.240 e. The van der Waals surface area contributed by atoms with Gasteiger partial charge in [0.25, 0.3) is 0 Å². The third-order valence-electron chi connectivity index (χ3n) is 3.60. The van der Waals surface area contributed by atoms with Gasteiger partial charge in [0.1, 0.15) is 0 Å². The smallest absolute Gasteiger partial charge is 0.240 e. The van der Waals surface area contributed by atoms with E-state index < -0.39 is 10.0 Å². The van der Waals surface area contributed by atoms with E-state index in [1.54, 1.807) is 36.5 Å². The van der Waals surface area contributed by atoms with Gasteiger partial charge in [-0.2, -0.15) is 5.10 Å². The molecule has 0 aliphatic heterocycles. The summed E-state index contributed by atoms with van der Waals surface area (Å²) in [5, 5.41) is 7.52. The number of nitrogens with one attached hydrogen (secondary N) is 2. The predicted molar refractivity (Wildman–Crippen MR) is 86.0 cm³/mol. The second kappa shape index (κ2) is 7.53. The van der Waals surface area contributed by atoms with Crippen LogP contribution in [-0.2, 0) is 10.0 Å². The minimum absolute atomic E-state index is 0.182. The van der Waals surface area contributed by atoms with Gasteiger partial charge in [-0.15, -0.1) is 0 Å². The molecule has 0 radical (unpaired) electrons. The summed E-state index contributed by atoms with van der Waals surface area (Å²) in [6, 6.07) is 10.6. The molecule has 2 N–H and O–H groups in total. The fraction of sp³-hybridized carbons (Fsp3) is 0.400. The molecule has 0 spiro atoms. The summed E-state index contributed by atoms with van der Waals surface area (Å²) in [4.78, 5) is 0.285. The van der Waals surface area contributed by atoms with Crippen molar-refractivity contribution in [1.82, 2.24) is 19.8 Å². The highest BCUT2D eigenvalue weighted by atomic mass is 32.2. The van der Waals surface area contributed by atoms with Crippen molar-refractivity contribution in [3.8, 4) is 0 Å². The van der Waals surface area contributed by atoms with Crippen molar-refractivity contribution in [3.05, 3.63) is 48.8 Å². The number of nitrogens with zero attached hydrogens (tertiary/aromatic N) is 2. The van der Waals surface area contributed by atoms with Crippen LogP contribution in [0.25, 0.3) is 0 Å². The molecule has 1 heterocycles. The molecule has 2 aromatic rings. The lowest BCUT2D eigenvalue weighted by molar-refractivity contribution is 0.368.